The van der Waals surface area contributed by atoms with Gasteiger partial charge in [0, 0.05) is 57.0 Å². The van der Waals surface area contributed by atoms with E-state index in [0.29, 0.717) is 39.2 Å². The number of rotatable bonds is 13. The Hall–Kier alpha value is -2.01. The molecular formula is C24H38N4O5S. The summed E-state index contributed by atoms with van der Waals surface area (Å²) in [5, 5.41) is 0. The van der Waals surface area contributed by atoms with Crippen LogP contribution in [0.1, 0.15) is 43.2 Å². The number of amides is 1. The summed E-state index contributed by atoms with van der Waals surface area (Å²) in [7, 11) is -3.34. The van der Waals surface area contributed by atoms with Crippen molar-refractivity contribution in [2.75, 3.05) is 52.1 Å². The lowest BCUT2D eigenvalue weighted by Crippen LogP contribution is -2.46. The van der Waals surface area contributed by atoms with E-state index in [-0.39, 0.29) is 36.9 Å². The van der Waals surface area contributed by atoms with Crippen molar-refractivity contribution in [2.24, 2.45) is 11.7 Å². The van der Waals surface area contributed by atoms with Crippen LogP contribution in [0.4, 0.5) is 0 Å². The molecule has 0 bridgehead atoms. The first kappa shape index (κ1) is 26.6. The third-order valence-corrected chi connectivity index (χ3v) is 7.51. The van der Waals surface area contributed by atoms with E-state index in [0.717, 1.165) is 48.7 Å². The lowest BCUT2D eigenvalue weighted by Gasteiger charge is -2.29. The van der Waals surface area contributed by atoms with E-state index in [4.69, 9.17) is 10.5 Å². The number of hydrogen-bond acceptors (Lipinski definition) is 7. The smallest absolute Gasteiger partial charge is 0.236 e. The summed E-state index contributed by atoms with van der Waals surface area (Å²) >= 11 is 0. The molecule has 2 aliphatic rings. The minimum absolute atomic E-state index is 0.00683. The predicted octanol–water partition coefficient (Wildman–Crippen LogP) is 0.731. The first-order valence-corrected chi connectivity index (χ1v) is 14.0. The zero-order valence-corrected chi connectivity index (χ0v) is 21.1. The Labute approximate surface area is 203 Å². The van der Waals surface area contributed by atoms with E-state index in [9.17, 15) is 18.0 Å². The molecule has 1 aromatic carbocycles. The van der Waals surface area contributed by atoms with Gasteiger partial charge in [-0.1, -0.05) is 25.5 Å². The Kier molecular flexibility index (Phi) is 9.47. The number of sulfonamides is 1. The maximum absolute atomic E-state index is 13.2. The molecule has 2 aliphatic heterocycles. The van der Waals surface area contributed by atoms with Gasteiger partial charge in [0.2, 0.25) is 15.9 Å². The SMILES string of the molecule is CCCCN(CCN)C(=O)CN1C[C@H](c2ccc3c(c2)CCO3)[C@@H](C=O)[C@@H]1CCNS(C)(=O)=O. The molecule has 1 fully saturated rings. The molecule has 1 aromatic rings. The number of nitrogens with two attached hydrogens (primary N) is 1. The van der Waals surface area contributed by atoms with Gasteiger partial charge in [-0.2, -0.15) is 0 Å². The lowest BCUT2D eigenvalue weighted by atomic mass is 9.84. The average molecular weight is 495 g/mol. The number of carbonyl (C=O) groups is 2. The molecule has 9 nitrogen and oxygen atoms in total. The Morgan fingerprint density at radius 3 is 2.82 bits per heavy atom. The topological polar surface area (TPSA) is 122 Å². The van der Waals surface area contributed by atoms with Crippen LogP contribution in [0.5, 0.6) is 5.75 Å². The molecule has 0 aromatic heterocycles. The molecule has 2 heterocycles. The number of benzene rings is 1. The van der Waals surface area contributed by atoms with Crippen molar-refractivity contribution in [3.05, 3.63) is 29.3 Å². The Balaban J connectivity index is 1.81. The standard InChI is InChI=1S/C24H38N4O5S/c1-3-4-11-27(12-9-25)24(30)16-28-15-20(18-5-6-23-19(14-18)8-13-33-23)21(17-29)22(28)7-10-26-34(2,31)32/h5-6,14,17,20-22,26H,3-4,7-13,15-16,25H2,1-2H3/t20-,21-,22+/m1/s1. The van der Waals surface area contributed by atoms with Gasteiger partial charge >= 0.3 is 0 Å². The van der Waals surface area contributed by atoms with Crippen molar-refractivity contribution in [3.63, 3.8) is 0 Å². The normalized spacial score (nSPS) is 22.4. The highest BCUT2D eigenvalue weighted by molar-refractivity contribution is 7.88. The van der Waals surface area contributed by atoms with Crippen LogP contribution in [0, 0.1) is 5.92 Å². The van der Waals surface area contributed by atoms with Gasteiger partial charge in [-0.25, -0.2) is 13.1 Å². The largest absolute Gasteiger partial charge is 0.493 e. The van der Waals surface area contributed by atoms with Crippen LogP contribution in [0.15, 0.2) is 18.2 Å². The highest BCUT2D eigenvalue weighted by Crippen LogP contribution is 2.39. The number of nitrogens with one attached hydrogen (secondary N) is 1. The summed E-state index contributed by atoms with van der Waals surface area (Å²) in [6.45, 7) is 5.25. The summed E-state index contributed by atoms with van der Waals surface area (Å²) in [5.41, 5.74) is 7.93. The molecule has 1 saturated heterocycles. The summed E-state index contributed by atoms with van der Waals surface area (Å²) in [4.78, 5) is 29.3. The van der Waals surface area contributed by atoms with Gasteiger partial charge in [0.15, 0.2) is 0 Å². The molecular weight excluding hydrogens is 456 g/mol. The van der Waals surface area contributed by atoms with Gasteiger partial charge in [-0.05, 0) is 30.0 Å². The number of fused-ring (bicyclic) bond motifs is 1. The fraction of sp³-hybridized carbons (Fsp3) is 0.667. The molecule has 0 aliphatic carbocycles. The van der Waals surface area contributed by atoms with Crippen molar-refractivity contribution >= 4 is 22.2 Å². The van der Waals surface area contributed by atoms with Gasteiger partial charge < -0.3 is 20.2 Å². The monoisotopic (exact) mass is 494 g/mol. The highest BCUT2D eigenvalue weighted by atomic mass is 32.2. The first-order chi connectivity index (χ1) is 16.3. The molecule has 1 amide bonds. The number of aldehydes is 1. The lowest BCUT2D eigenvalue weighted by molar-refractivity contribution is -0.133. The third-order valence-electron chi connectivity index (χ3n) is 6.78. The van der Waals surface area contributed by atoms with Gasteiger partial charge in [0.05, 0.1) is 19.4 Å². The second kappa shape index (κ2) is 12.1. The fourth-order valence-corrected chi connectivity index (χ4v) is 5.55. The molecule has 190 valence electrons. The van der Waals surface area contributed by atoms with E-state index in [1.54, 1.807) is 4.90 Å². The van der Waals surface area contributed by atoms with Crippen molar-refractivity contribution < 1.29 is 22.7 Å². The van der Waals surface area contributed by atoms with Crippen LogP contribution >= 0.6 is 0 Å². The third kappa shape index (κ3) is 6.78. The Bertz CT molecular complexity index is 955. The number of likely N-dealkylation sites (tertiary alicyclic amines) is 1. The zero-order chi connectivity index (χ0) is 24.7. The molecule has 0 saturated carbocycles. The maximum atomic E-state index is 13.2. The quantitative estimate of drug-likeness (QED) is 0.388. The molecule has 10 heteroatoms. The molecule has 0 unspecified atom stereocenters. The predicted molar refractivity (Wildman–Crippen MR) is 131 cm³/mol. The number of nitrogens with zero attached hydrogens (tertiary/aromatic N) is 2. The molecule has 3 rings (SSSR count). The van der Waals surface area contributed by atoms with Crippen molar-refractivity contribution in [2.45, 2.75) is 44.6 Å². The van der Waals surface area contributed by atoms with Crippen LogP contribution in [0.2, 0.25) is 0 Å². The van der Waals surface area contributed by atoms with Crippen molar-refractivity contribution in [1.29, 1.82) is 0 Å². The highest BCUT2D eigenvalue weighted by Gasteiger charge is 2.43. The zero-order valence-electron chi connectivity index (χ0n) is 20.2. The Morgan fingerprint density at radius 2 is 2.15 bits per heavy atom. The minimum Gasteiger partial charge on any atom is -0.493 e. The van der Waals surface area contributed by atoms with Crippen LogP contribution in [-0.4, -0.2) is 88.6 Å². The average Bonchev–Trinajstić information content (AvgIpc) is 3.39. The fourth-order valence-electron chi connectivity index (χ4n) is 5.06. The van der Waals surface area contributed by atoms with Crippen LogP contribution in [0.25, 0.3) is 0 Å². The summed E-state index contributed by atoms with van der Waals surface area (Å²) in [5.74, 6) is 0.470. The number of carbonyl (C=O) groups excluding carboxylic acids is 2. The second-order valence-electron chi connectivity index (χ2n) is 9.26. The molecule has 0 spiro atoms. The molecule has 0 radical (unpaired) electrons. The summed E-state index contributed by atoms with van der Waals surface area (Å²) in [6.07, 6.45) is 5.27. The van der Waals surface area contributed by atoms with Gasteiger partial charge in [0.25, 0.3) is 0 Å². The van der Waals surface area contributed by atoms with E-state index >= 15 is 0 Å². The van der Waals surface area contributed by atoms with E-state index in [1.165, 1.54) is 0 Å². The maximum Gasteiger partial charge on any atom is 0.236 e. The number of hydrogen-bond donors (Lipinski definition) is 2. The molecule has 3 N–H and O–H groups in total. The van der Waals surface area contributed by atoms with Crippen molar-refractivity contribution in [3.8, 4) is 5.75 Å². The van der Waals surface area contributed by atoms with Crippen LogP contribution in [-0.2, 0) is 26.0 Å². The minimum atomic E-state index is -3.34. The molecule has 3 atom stereocenters. The van der Waals surface area contributed by atoms with E-state index < -0.39 is 10.0 Å². The van der Waals surface area contributed by atoms with Gasteiger partial charge in [0.1, 0.15) is 12.0 Å². The van der Waals surface area contributed by atoms with Crippen LogP contribution < -0.4 is 15.2 Å². The summed E-state index contributed by atoms with van der Waals surface area (Å²) in [6, 6.07) is 5.84. The van der Waals surface area contributed by atoms with E-state index in [2.05, 4.69) is 22.6 Å². The first-order valence-electron chi connectivity index (χ1n) is 12.1. The summed E-state index contributed by atoms with van der Waals surface area (Å²) < 4.78 is 31.3. The number of unbranched alkanes of at least 4 members (excludes halogenated alkanes) is 1. The Morgan fingerprint density at radius 1 is 1.35 bits per heavy atom. The number of ether oxygens (including phenoxy) is 1. The van der Waals surface area contributed by atoms with Gasteiger partial charge in [-0.3, -0.25) is 9.69 Å². The molecule has 34 heavy (non-hydrogen) atoms. The second-order valence-corrected chi connectivity index (χ2v) is 11.1. The van der Waals surface area contributed by atoms with Crippen molar-refractivity contribution in [1.82, 2.24) is 14.5 Å². The van der Waals surface area contributed by atoms with Gasteiger partial charge in [-0.15, -0.1) is 0 Å². The van der Waals surface area contributed by atoms with E-state index in [1.807, 2.05) is 12.1 Å². The van der Waals surface area contributed by atoms with Crippen LogP contribution in [0.3, 0.4) is 0 Å².